The number of nitrogens with zero attached hydrogens (tertiary/aromatic N) is 2. The van der Waals surface area contributed by atoms with Crippen molar-refractivity contribution in [2.45, 2.75) is 20.0 Å². The van der Waals surface area contributed by atoms with Gasteiger partial charge in [0, 0.05) is 31.4 Å². The van der Waals surface area contributed by atoms with Crippen molar-refractivity contribution in [2.75, 3.05) is 40.1 Å². The first-order chi connectivity index (χ1) is 13.9. The molecule has 7 nitrogen and oxygen atoms in total. The molecule has 0 radical (unpaired) electrons. The number of aliphatic imine (C=N–C) groups is 1. The molecule has 0 spiro atoms. The van der Waals surface area contributed by atoms with Gasteiger partial charge in [-0.25, -0.2) is 0 Å². The lowest BCUT2D eigenvalue weighted by Crippen LogP contribution is -2.36. The molecule has 2 aromatic carbocycles. The molecule has 0 fully saturated rings. The molecule has 156 valence electrons. The number of amides is 1. The fraction of sp³-hybridized carbons (Fsp3) is 0.364. The van der Waals surface area contributed by atoms with Gasteiger partial charge < -0.3 is 25.6 Å². The number of nitrogens with one attached hydrogen (secondary N) is 3. The highest BCUT2D eigenvalue weighted by atomic mass is 16.5. The van der Waals surface area contributed by atoms with E-state index in [2.05, 4.69) is 27.0 Å². The number of hydrogen-bond acceptors (Lipinski definition) is 4. The van der Waals surface area contributed by atoms with E-state index in [-0.39, 0.29) is 5.91 Å². The Morgan fingerprint density at radius 1 is 1.10 bits per heavy atom. The Bertz CT molecular complexity index is 849. The minimum Gasteiger partial charge on any atom is -0.496 e. The van der Waals surface area contributed by atoms with E-state index in [9.17, 15) is 4.79 Å². The van der Waals surface area contributed by atoms with Crippen LogP contribution in [-0.2, 0) is 17.9 Å². The monoisotopic (exact) mass is 397 g/mol. The predicted octanol–water partition coefficient (Wildman–Crippen LogP) is 2.37. The molecule has 3 N–H and O–H groups in total. The van der Waals surface area contributed by atoms with Gasteiger partial charge in [0.25, 0.3) is 0 Å². The Hall–Kier alpha value is -3.06. The zero-order chi connectivity index (χ0) is 21.2. The van der Waals surface area contributed by atoms with E-state index in [1.54, 1.807) is 14.2 Å². The highest BCUT2D eigenvalue weighted by Gasteiger charge is 2.06. The normalized spacial score (nSPS) is 11.3. The average Bonchev–Trinajstić information content (AvgIpc) is 2.68. The lowest BCUT2D eigenvalue weighted by Gasteiger charge is -2.15. The zero-order valence-corrected chi connectivity index (χ0v) is 17.9. The number of methoxy groups -OCH3 is 1. The van der Waals surface area contributed by atoms with Crippen molar-refractivity contribution in [3.8, 4) is 5.75 Å². The molecule has 0 saturated heterocycles. The number of benzene rings is 2. The summed E-state index contributed by atoms with van der Waals surface area (Å²) in [7, 11) is 7.14. The van der Waals surface area contributed by atoms with Crippen molar-refractivity contribution in [2.24, 2.45) is 4.99 Å². The lowest BCUT2D eigenvalue weighted by molar-refractivity contribution is -0.116. The SMILES string of the molecule is CN=C(NCc1cccc(NC(=O)CN(C)C)c1)NCc1ccc(C)cc1OC. The van der Waals surface area contributed by atoms with Crippen LogP contribution in [0.2, 0.25) is 0 Å². The quantitative estimate of drug-likeness (QED) is 0.471. The van der Waals surface area contributed by atoms with Crippen molar-refractivity contribution in [3.63, 3.8) is 0 Å². The van der Waals surface area contributed by atoms with Gasteiger partial charge in [0.15, 0.2) is 5.96 Å². The number of guanidine groups is 1. The Kier molecular flexibility index (Phi) is 8.48. The van der Waals surface area contributed by atoms with Gasteiger partial charge in [-0.2, -0.15) is 0 Å². The van der Waals surface area contributed by atoms with Crippen LogP contribution >= 0.6 is 0 Å². The Morgan fingerprint density at radius 3 is 2.55 bits per heavy atom. The van der Waals surface area contributed by atoms with Crippen LogP contribution in [0.3, 0.4) is 0 Å². The van der Waals surface area contributed by atoms with Crippen molar-refractivity contribution >= 4 is 17.6 Å². The van der Waals surface area contributed by atoms with E-state index in [1.807, 2.05) is 62.3 Å². The second kappa shape index (κ2) is 11.1. The third-order valence-electron chi connectivity index (χ3n) is 4.24. The van der Waals surface area contributed by atoms with E-state index in [0.29, 0.717) is 25.6 Å². The minimum absolute atomic E-state index is 0.0374. The Morgan fingerprint density at radius 2 is 1.86 bits per heavy atom. The first-order valence-corrected chi connectivity index (χ1v) is 9.53. The predicted molar refractivity (Wildman–Crippen MR) is 118 cm³/mol. The summed E-state index contributed by atoms with van der Waals surface area (Å²) in [5.41, 5.74) is 4.05. The van der Waals surface area contributed by atoms with Gasteiger partial charge in [0.05, 0.1) is 13.7 Å². The average molecular weight is 398 g/mol. The van der Waals surface area contributed by atoms with E-state index < -0.39 is 0 Å². The van der Waals surface area contributed by atoms with Crippen LogP contribution in [0.15, 0.2) is 47.5 Å². The number of ether oxygens (including phenoxy) is 1. The fourth-order valence-electron chi connectivity index (χ4n) is 2.83. The first-order valence-electron chi connectivity index (χ1n) is 9.53. The number of carbonyl (C=O) groups excluding carboxylic acids is 1. The molecular weight excluding hydrogens is 366 g/mol. The molecule has 7 heteroatoms. The maximum absolute atomic E-state index is 11.9. The van der Waals surface area contributed by atoms with Gasteiger partial charge in [-0.05, 0) is 50.3 Å². The Labute approximate surface area is 173 Å². The molecule has 0 aliphatic heterocycles. The molecule has 0 atom stereocenters. The highest BCUT2D eigenvalue weighted by Crippen LogP contribution is 2.19. The van der Waals surface area contributed by atoms with Gasteiger partial charge >= 0.3 is 0 Å². The maximum atomic E-state index is 11.9. The Balaban J connectivity index is 1.91. The van der Waals surface area contributed by atoms with Gasteiger partial charge in [-0.1, -0.05) is 24.3 Å². The molecule has 0 aromatic heterocycles. The summed E-state index contributed by atoms with van der Waals surface area (Å²) in [5.74, 6) is 1.51. The van der Waals surface area contributed by atoms with Crippen molar-refractivity contribution < 1.29 is 9.53 Å². The lowest BCUT2D eigenvalue weighted by atomic mass is 10.1. The van der Waals surface area contributed by atoms with Crippen molar-refractivity contribution in [1.82, 2.24) is 15.5 Å². The van der Waals surface area contributed by atoms with Crippen LogP contribution in [0.1, 0.15) is 16.7 Å². The molecule has 2 rings (SSSR count). The van der Waals surface area contributed by atoms with Crippen LogP contribution in [0.4, 0.5) is 5.69 Å². The number of likely N-dealkylation sites (N-methyl/N-ethyl adjacent to an activating group) is 1. The van der Waals surface area contributed by atoms with Gasteiger partial charge in [0.2, 0.25) is 5.91 Å². The fourth-order valence-corrected chi connectivity index (χ4v) is 2.83. The van der Waals surface area contributed by atoms with E-state index in [1.165, 1.54) is 0 Å². The second-order valence-electron chi connectivity index (χ2n) is 7.08. The van der Waals surface area contributed by atoms with Crippen molar-refractivity contribution in [3.05, 3.63) is 59.2 Å². The number of hydrogen-bond donors (Lipinski definition) is 3. The van der Waals surface area contributed by atoms with E-state index in [4.69, 9.17) is 4.74 Å². The van der Waals surface area contributed by atoms with E-state index in [0.717, 1.165) is 28.1 Å². The standard InChI is InChI=1S/C22H31N5O2/c1-16-9-10-18(20(11-16)29-5)14-25-22(23-2)24-13-17-7-6-8-19(12-17)26-21(28)15-27(3)4/h6-12H,13-15H2,1-5H3,(H,26,28)(H2,23,24,25). The first kappa shape index (κ1) is 22.2. The van der Waals surface area contributed by atoms with E-state index >= 15 is 0 Å². The summed E-state index contributed by atoms with van der Waals surface area (Å²) >= 11 is 0. The molecule has 0 unspecified atom stereocenters. The molecule has 0 aliphatic rings. The zero-order valence-electron chi connectivity index (χ0n) is 17.9. The third-order valence-corrected chi connectivity index (χ3v) is 4.24. The minimum atomic E-state index is -0.0374. The topological polar surface area (TPSA) is 78.0 Å². The maximum Gasteiger partial charge on any atom is 0.238 e. The molecule has 0 heterocycles. The van der Waals surface area contributed by atoms with Crippen LogP contribution < -0.4 is 20.7 Å². The summed E-state index contributed by atoms with van der Waals surface area (Å²) in [6.45, 7) is 3.57. The summed E-state index contributed by atoms with van der Waals surface area (Å²) in [4.78, 5) is 18.0. The largest absolute Gasteiger partial charge is 0.496 e. The molecule has 0 aliphatic carbocycles. The van der Waals surface area contributed by atoms with Crippen LogP contribution in [0.25, 0.3) is 0 Å². The summed E-state index contributed by atoms with van der Waals surface area (Å²) < 4.78 is 5.45. The number of carbonyl (C=O) groups is 1. The van der Waals surface area contributed by atoms with Crippen LogP contribution in [0.5, 0.6) is 5.75 Å². The third kappa shape index (κ3) is 7.46. The summed E-state index contributed by atoms with van der Waals surface area (Å²) in [6.07, 6.45) is 0. The number of rotatable bonds is 8. The van der Waals surface area contributed by atoms with Gasteiger partial charge in [-0.3, -0.25) is 9.79 Å². The molecule has 2 aromatic rings. The van der Waals surface area contributed by atoms with Crippen LogP contribution in [0, 0.1) is 6.92 Å². The second-order valence-corrected chi connectivity index (χ2v) is 7.08. The summed E-state index contributed by atoms with van der Waals surface area (Å²) in [5, 5.41) is 9.51. The molecule has 0 saturated carbocycles. The van der Waals surface area contributed by atoms with Gasteiger partial charge in [-0.15, -0.1) is 0 Å². The molecule has 29 heavy (non-hydrogen) atoms. The smallest absolute Gasteiger partial charge is 0.238 e. The number of aryl methyl sites for hydroxylation is 1. The van der Waals surface area contributed by atoms with Crippen molar-refractivity contribution in [1.29, 1.82) is 0 Å². The van der Waals surface area contributed by atoms with Gasteiger partial charge in [0.1, 0.15) is 5.75 Å². The molecular formula is C22H31N5O2. The van der Waals surface area contributed by atoms with Crippen LogP contribution in [-0.4, -0.2) is 51.6 Å². The number of anilines is 1. The highest BCUT2D eigenvalue weighted by molar-refractivity contribution is 5.92. The molecule has 0 bridgehead atoms. The summed E-state index contributed by atoms with van der Waals surface area (Å²) in [6, 6.07) is 13.9. The molecule has 1 amide bonds.